The van der Waals surface area contributed by atoms with E-state index in [-0.39, 0.29) is 12.0 Å². The lowest BCUT2D eigenvalue weighted by molar-refractivity contribution is 0.0907. The van der Waals surface area contributed by atoms with Gasteiger partial charge in [0.25, 0.3) is 5.91 Å². The van der Waals surface area contributed by atoms with Gasteiger partial charge >= 0.3 is 0 Å². The molecule has 0 aromatic heterocycles. The van der Waals surface area contributed by atoms with E-state index >= 15 is 0 Å². The third-order valence-corrected chi connectivity index (χ3v) is 3.33. The third kappa shape index (κ3) is 2.88. The number of hydrogen-bond acceptors (Lipinski definition) is 3. The van der Waals surface area contributed by atoms with E-state index in [0.717, 1.165) is 13.0 Å². The van der Waals surface area contributed by atoms with Crippen molar-refractivity contribution in [3.05, 3.63) is 35.4 Å². The highest BCUT2D eigenvalue weighted by atomic mass is 16.5. The van der Waals surface area contributed by atoms with Gasteiger partial charge in [-0.25, -0.2) is 0 Å². The molecule has 2 rings (SSSR count). The van der Waals surface area contributed by atoms with Crippen molar-refractivity contribution < 1.29 is 9.53 Å². The molecular formula is C14H16N2O2. The summed E-state index contributed by atoms with van der Waals surface area (Å²) in [6.45, 7) is 3.45. The zero-order chi connectivity index (χ0) is 13.0. The molecule has 0 saturated carbocycles. The molecule has 0 aliphatic carbocycles. The van der Waals surface area contributed by atoms with E-state index in [1.54, 1.807) is 24.3 Å². The maximum absolute atomic E-state index is 11.9. The van der Waals surface area contributed by atoms with Crippen LogP contribution < -0.4 is 5.32 Å². The first-order valence-electron chi connectivity index (χ1n) is 6.10. The Bertz CT molecular complexity index is 462. The SMILES string of the molecule is CC1OCCC1CNC(=O)c1ccc(C#N)cc1. The number of nitrogens with zero attached hydrogens (tertiary/aromatic N) is 1. The molecule has 1 N–H and O–H groups in total. The minimum atomic E-state index is -0.0985. The zero-order valence-corrected chi connectivity index (χ0v) is 10.3. The minimum absolute atomic E-state index is 0.0985. The predicted octanol–water partition coefficient (Wildman–Crippen LogP) is 1.71. The molecule has 1 fully saturated rings. The first-order valence-corrected chi connectivity index (χ1v) is 6.10. The van der Waals surface area contributed by atoms with Gasteiger partial charge in [0.05, 0.1) is 17.7 Å². The van der Waals surface area contributed by atoms with Crippen LogP contribution in [0.5, 0.6) is 0 Å². The third-order valence-electron chi connectivity index (χ3n) is 3.33. The molecule has 4 heteroatoms. The largest absolute Gasteiger partial charge is 0.378 e. The molecule has 0 bridgehead atoms. The fourth-order valence-corrected chi connectivity index (χ4v) is 2.07. The van der Waals surface area contributed by atoms with E-state index in [0.29, 0.717) is 23.6 Å². The van der Waals surface area contributed by atoms with Crippen LogP contribution in [0.3, 0.4) is 0 Å². The number of carbonyl (C=O) groups is 1. The normalized spacial score (nSPS) is 22.4. The van der Waals surface area contributed by atoms with Crippen LogP contribution in [0.15, 0.2) is 24.3 Å². The summed E-state index contributed by atoms with van der Waals surface area (Å²) in [6.07, 6.45) is 1.21. The Morgan fingerprint density at radius 2 is 2.22 bits per heavy atom. The predicted molar refractivity (Wildman–Crippen MR) is 67.0 cm³/mol. The number of nitrogens with one attached hydrogen (secondary N) is 1. The van der Waals surface area contributed by atoms with E-state index in [9.17, 15) is 4.79 Å². The summed E-state index contributed by atoms with van der Waals surface area (Å²) < 4.78 is 5.45. The van der Waals surface area contributed by atoms with Crippen molar-refractivity contribution >= 4 is 5.91 Å². The summed E-state index contributed by atoms with van der Waals surface area (Å²) in [7, 11) is 0. The molecule has 0 radical (unpaired) electrons. The van der Waals surface area contributed by atoms with Crippen LogP contribution in [0.4, 0.5) is 0 Å². The summed E-state index contributed by atoms with van der Waals surface area (Å²) in [5.41, 5.74) is 1.14. The minimum Gasteiger partial charge on any atom is -0.378 e. The molecule has 1 heterocycles. The van der Waals surface area contributed by atoms with E-state index in [1.165, 1.54) is 0 Å². The molecule has 0 spiro atoms. The second kappa shape index (κ2) is 5.65. The number of ether oxygens (including phenoxy) is 1. The van der Waals surface area contributed by atoms with Crippen molar-refractivity contribution in [2.24, 2.45) is 5.92 Å². The monoisotopic (exact) mass is 244 g/mol. The van der Waals surface area contributed by atoms with Crippen molar-refractivity contribution in [1.29, 1.82) is 5.26 Å². The summed E-state index contributed by atoms with van der Waals surface area (Å²) in [5.74, 6) is 0.297. The van der Waals surface area contributed by atoms with Gasteiger partial charge in [-0.2, -0.15) is 5.26 Å². The highest BCUT2D eigenvalue weighted by molar-refractivity contribution is 5.94. The standard InChI is InChI=1S/C14H16N2O2/c1-10-13(6-7-18-10)9-16-14(17)12-4-2-11(8-15)3-5-12/h2-5,10,13H,6-7,9H2,1H3,(H,16,17). The number of hydrogen-bond donors (Lipinski definition) is 1. The van der Waals surface area contributed by atoms with Gasteiger partial charge in [-0.1, -0.05) is 0 Å². The molecule has 1 aromatic rings. The highest BCUT2D eigenvalue weighted by Gasteiger charge is 2.24. The van der Waals surface area contributed by atoms with Crippen molar-refractivity contribution in [2.75, 3.05) is 13.2 Å². The molecule has 2 atom stereocenters. The second-order valence-corrected chi connectivity index (χ2v) is 4.52. The Morgan fingerprint density at radius 1 is 1.50 bits per heavy atom. The van der Waals surface area contributed by atoms with Crippen molar-refractivity contribution in [3.8, 4) is 6.07 Å². The lowest BCUT2D eigenvalue weighted by Crippen LogP contribution is -2.31. The summed E-state index contributed by atoms with van der Waals surface area (Å²) in [5, 5.41) is 11.6. The van der Waals surface area contributed by atoms with Crippen molar-refractivity contribution in [1.82, 2.24) is 5.32 Å². The lowest BCUT2D eigenvalue weighted by atomic mass is 10.0. The molecule has 1 amide bonds. The highest BCUT2D eigenvalue weighted by Crippen LogP contribution is 2.19. The van der Waals surface area contributed by atoms with Gasteiger partial charge < -0.3 is 10.1 Å². The quantitative estimate of drug-likeness (QED) is 0.880. The molecule has 18 heavy (non-hydrogen) atoms. The number of nitriles is 1. The van der Waals surface area contributed by atoms with Crippen LogP contribution in [0.1, 0.15) is 29.3 Å². The Hall–Kier alpha value is -1.86. The fourth-order valence-electron chi connectivity index (χ4n) is 2.07. The maximum atomic E-state index is 11.9. The molecule has 1 aliphatic rings. The number of carbonyl (C=O) groups excluding carboxylic acids is 1. The molecule has 1 aromatic carbocycles. The Kier molecular flexibility index (Phi) is 3.96. The summed E-state index contributed by atoms with van der Waals surface area (Å²) >= 11 is 0. The van der Waals surface area contributed by atoms with Gasteiger partial charge in [-0.15, -0.1) is 0 Å². The van der Waals surface area contributed by atoms with Crippen LogP contribution >= 0.6 is 0 Å². The van der Waals surface area contributed by atoms with Crippen molar-refractivity contribution in [2.45, 2.75) is 19.4 Å². The van der Waals surface area contributed by atoms with Crippen LogP contribution in [0.25, 0.3) is 0 Å². The molecule has 4 nitrogen and oxygen atoms in total. The molecule has 94 valence electrons. The fraction of sp³-hybridized carbons (Fsp3) is 0.429. The number of benzene rings is 1. The van der Waals surface area contributed by atoms with Crippen LogP contribution in [0, 0.1) is 17.2 Å². The number of rotatable bonds is 3. The summed E-state index contributed by atoms with van der Waals surface area (Å²) in [6, 6.07) is 8.66. The lowest BCUT2D eigenvalue weighted by Gasteiger charge is -2.14. The molecule has 1 aliphatic heterocycles. The average molecular weight is 244 g/mol. The van der Waals surface area contributed by atoms with E-state index in [2.05, 4.69) is 5.32 Å². The van der Waals surface area contributed by atoms with Crippen LogP contribution in [-0.4, -0.2) is 25.2 Å². The number of amides is 1. The molecule has 1 saturated heterocycles. The van der Waals surface area contributed by atoms with Crippen LogP contribution in [-0.2, 0) is 4.74 Å². The maximum Gasteiger partial charge on any atom is 0.251 e. The van der Waals surface area contributed by atoms with Gasteiger partial charge in [0, 0.05) is 24.6 Å². The van der Waals surface area contributed by atoms with E-state index in [1.807, 2.05) is 13.0 Å². The zero-order valence-electron chi connectivity index (χ0n) is 10.3. The molecule has 2 unspecified atom stereocenters. The average Bonchev–Trinajstić information content (AvgIpc) is 2.81. The second-order valence-electron chi connectivity index (χ2n) is 4.52. The Labute approximate surface area is 107 Å². The van der Waals surface area contributed by atoms with E-state index in [4.69, 9.17) is 10.00 Å². The van der Waals surface area contributed by atoms with Crippen molar-refractivity contribution in [3.63, 3.8) is 0 Å². The topological polar surface area (TPSA) is 62.1 Å². The first kappa shape index (κ1) is 12.6. The first-order chi connectivity index (χ1) is 8.70. The molecular weight excluding hydrogens is 228 g/mol. The Balaban J connectivity index is 1.89. The van der Waals surface area contributed by atoms with Gasteiger partial charge in [0.2, 0.25) is 0 Å². The smallest absolute Gasteiger partial charge is 0.251 e. The van der Waals surface area contributed by atoms with Gasteiger partial charge in [-0.3, -0.25) is 4.79 Å². The van der Waals surface area contributed by atoms with Gasteiger partial charge in [0.15, 0.2) is 0 Å². The Morgan fingerprint density at radius 3 is 2.78 bits per heavy atom. The summed E-state index contributed by atoms with van der Waals surface area (Å²) in [4.78, 5) is 11.9. The van der Waals surface area contributed by atoms with Gasteiger partial charge in [-0.05, 0) is 37.6 Å². The van der Waals surface area contributed by atoms with Crippen LogP contribution in [0.2, 0.25) is 0 Å². The van der Waals surface area contributed by atoms with E-state index < -0.39 is 0 Å². The van der Waals surface area contributed by atoms with Gasteiger partial charge in [0.1, 0.15) is 0 Å².